The second kappa shape index (κ2) is 5.66. The lowest BCUT2D eigenvalue weighted by Crippen LogP contribution is -1.90. The summed E-state index contributed by atoms with van der Waals surface area (Å²) in [5.74, 6) is -0.182. The van der Waals surface area contributed by atoms with E-state index in [1.165, 1.54) is 6.07 Å². The third-order valence-corrected chi connectivity index (χ3v) is 3.18. The van der Waals surface area contributed by atoms with Gasteiger partial charge in [0.15, 0.2) is 0 Å². The maximum Gasteiger partial charge on any atom is 0.126 e. The van der Waals surface area contributed by atoms with Crippen molar-refractivity contribution in [3.8, 4) is 0 Å². The van der Waals surface area contributed by atoms with Crippen molar-refractivity contribution in [1.82, 2.24) is 0 Å². The van der Waals surface area contributed by atoms with Gasteiger partial charge in [-0.2, -0.15) is 0 Å². The highest BCUT2D eigenvalue weighted by Crippen LogP contribution is 2.26. The molecule has 0 saturated heterocycles. The zero-order chi connectivity index (χ0) is 13.8. The Morgan fingerprint density at radius 2 is 1.58 bits per heavy atom. The fourth-order valence-corrected chi connectivity index (χ4v) is 2.00. The van der Waals surface area contributed by atoms with Gasteiger partial charge >= 0.3 is 0 Å². The molecule has 0 aliphatic rings. The number of hydrogen-bond acceptors (Lipinski definition) is 0. The lowest BCUT2D eigenvalue weighted by Gasteiger charge is -2.10. The Morgan fingerprint density at radius 1 is 0.947 bits per heavy atom. The largest absolute Gasteiger partial charge is 0.207 e. The molecule has 19 heavy (non-hydrogen) atoms. The third-order valence-electron chi connectivity index (χ3n) is 3.18. The first-order valence-electron chi connectivity index (χ1n) is 6.25. The normalized spacial score (nSPS) is 10.2. The Balaban J connectivity index is 2.13. The van der Waals surface area contributed by atoms with Crippen LogP contribution in [0.4, 0.5) is 4.39 Å². The average Bonchev–Trinajstić information content (AvgIpc) is 2.42. The van der Waals surface area contributed by atoms with Crippen LogP contribution in [0.3, 0.4) is 0 Å². The van der Waals surface area contributed by atoms with Gasteiger partial charge in [0, 0.05) is 0 Å². The zero-order valence-corrected chi connectivity index (χ0v) is 11.1. The molecule has 0 spiro atoms. The molecule has 1 heteroatoms. The number of benzene rings is 2. The fraction of sp³-hybridized carbons (Fsp3) is 0.111. The Morgan fingerprint density at radius 3 is 2.21 bits per heavy atom. The van der Waals surface area contributed by atoms with Crippen molar-refractivity contribution in [2.24, 2.45) is 0 Å². The number of hydrogen-bond donors (Lipinski definition) is 0. The first kappa shape index (κ1) is 13.3. The molecule has 0 fully saturated rings. The summed E-state index contributed by atoms with van der Waals surface area (Å²) >= 11 is 0. The maximum absolute atomic E-state index is 13.2. The van der Waals surface area contributed by atoms with E-state index < -0.39 is 0 Å². The minimum absolute atomic E-state index is 0.182. The summed E-state index contributed by atoms with van der Waals surface area (Å²) in [6.45, 7) is 9.94. The predicted molar refractivity (Wildman–Crippen MR) is 80.3 cm³/mol. The van der Waals surface area contributed by atoms with Gasteiger partial charge in [-0.25, -0.2) is 4.39 Å². The van der Waals surface area contributed by atoms with Gasteiger partial charge in [-0.15, -0.1) is 0 Å². The van der Waals surface area contributed by atoms with Crippen molar-refractivity contribution < 1.29 is 4.39 Å². The van der Waals surface area contributed by atoms with E-state index in [1.807, 2.05) is 36.4 Å². The summed E-state index contributed by atoms with van der Waals surface area (Å²) in [6, 6.07) is 15.1. The third kappa shape index (κ3) is 3.19. The Kier molecular flexibility index (Phi) is 3.96. The van der Waals surface area contributed by atoms with Crippen molar-refractivity contribution in [2.75, 3.05) is 0 Å². The summed E-state index contributed by atoms with van der Waals surface area (Å²) in [6.07, 6.45) is 0.690. The molecule has 0 unspecified atom stereocenters. The maximum atomic E-state index is 13.2. The molecule has 0 aliphatic heterocycles. The molecular formula is C18H17F. The molecule has 0 bridgehead atoms. The quantitative estimate of drug-likeness (QED) is 0.697. The number of rotatable bonds is 4. The van der Waals surface area contributed by atoms with E-state index >= 15 is 0 Å². The molecule has 0 N–H and O–H groups in total. The number of aryl methyl sites for hydroxylation is 1. The Labute approximate surface area is 113 Å². The van der Waals surface area contributed by atoms with Crippen molar-refractivity contribution in [3.05, 3.63) is 84.2 Å². The molecule has 2 aromatic rings. The van der Waals surface area contributed by atoms with Gasteiger partial charge in [0.2, 0.25) is 0 Å². The Hall–Kier alpha value is -2.15. The highest BCUT2D eigenvalue weighted by atomic mass is 19.1. The van der Waals surface area contributed by atoms with E-state index in [9.17, 15) is 4.39 Å². The molecule has 0 aliphatic carbocycles. The molecule has 0 nitrogen and oxygen atoms in total. The van der Waals surface area contributed by atoms with Crippen LogP contribution >= 0.6 is 0 Å². The standard InChI is InChI=1S/C18H17F/c1-13(16-7-5-4-6-8-16)11-14(2)17-9-10-18(19)15(3)12-17/h4-10,12H,1-2,11H2,3H3. The van der Waals surface area contributed by atoms with Crippen molar-refractivity contribution in [3.63, 3.8) is 0 Å². The summed E-state index contributed by atoms with van der Waals surface area (Å²) < 4.78 is 13.2. The first-order chi connectivity index (χ1) is 9.08. The summed E-state index contributed by atoms with van der Waals surface area (Å²) in [5.41, 5.74) is 4.70. The molecule has 0 saturated carbocycles. The minimum atomic E-state index is -0.182. The second-order valence-corrected chi connectivity index (χ2v) is 4.71. The smallest absolute Gasteiger partial charge is 0.126 e. The lowest BCUT2D eigenvalue weighted by molar-refractivity contribution is 0.618. The van der Waals surface area contributed by atoms with E-state index in [2.05, 4.69) is 13.2 Å². The molecule has 0 heterocycles. The molecule has 2 rings (SSSR count). The van der Waals surface area contributed by atoms with E-state index in [-0.39, 0.29) is 5.82 Å². The average molecular weight is 252 g/mol. The van der Waals surface area contributed by atoms with Gasteiger partial charge in [-0.05, 0) is 53.3 Å². The van der Waals surface area contributed by atoms with Crippen LogP contribution in [0.15, 0.2) is 61.7 Å². The van der Waals surface area contributed by atoms with E-state index in [1.54, 1.807) is 13.0 Å². The summed E-state index contributed by atoms with van der Waals surface area (Å²) in [4.78, 5) is 0. The fourth-order valence-electron chi connectivity index (χ4n) is 2.00. The van der Waals surface area contributed by atoms with Crippen LogP contribution in [0, 0.1) is 12.7 Å². The zero-order valence-electron chi connectivity index (χ0n) is 11.1. The van der Waals surface area contributed by atoms with Gasteiger partial charge in [-0.1, -0.05) is 49.6 Å². The topological polar surface area (TPSA) is 0 Å². The molecule has 0 amide bonds. The van der Waals surface area contributed by atoms with Crippen LogP contribution in [-0.4, -0.2) is 0 Å². The van der Waals surface area contributed by atoms with Crippen molar-refractivity contribution in [1.29, 1.82) is 0 Å². The van der Waals surface area contributed by atoms with E-state index in [4.69, 9.17) is 0 Å². The van der Waals surface area contributed by atoms with Gasteiger partial charge in [-0.3, -0.25) is 0 Å². The molecule has 2 aromatic carbocycles. The minimum Gasteiger partial charge on any atom is -0.207 e. The van der Waals surface area contributed by atoms with Crippen LogP contribution in [0.1, 0.15) is 23.1 Å². The SMILES string of the molecule is C=C(CC(=C)c1ccc(F)c(C)c1)c1ccccc1. The van der Waals surface area contributed by atoms with E-state index in [0.717, 1.165) is 22.3 Å². The number of allylic oxidation sites excluding steroid dienone is 2. The highest BCUT2D eigenvalue weighted by molar-refractivity contribution is 5.77. The van der Waals surface area contributed by atoms with Gasteiger partial charge < -0.3 is 0 Å². The first-order valence-corrected chi connectivity index (χ1v) is 6.25. The number of halogens is 1. The van der Waals surface area contributed by atoms with E-state index in [0.29, 0.717) is 12.0 Å². The second-order valence-electron chi connectivity index (χ2n) is 4.71. The monoisotopic (exact) mass is 252 g/mol. The highest BCUT2D eigenvalue weighted by Gasteiger charge is 2.05. The molecule has 0 radical (unpaired) electrons. The summed E-state index contributed by atoms with van der Waals surface area (Å²) in [5, 5.41) is 0. The molecule has 0 aromatic heterocycles. The van der Waals surface area contributed by atoms with Crippen LogP contribution in [-0.2, 0) is 0 Å². The van der Waals surface area contributed by atoms with Crippen molar-refractivity contribution in [2.45, 2.75) is 13.3 Å². The van der Waals surface area contributed by atoms with Gasteiger partial charge in [0.25, 0.3) is 0 Å². The van der Waals surface area contributed by atoms with Gasteiger partial charge in [0.1, 0.15) is 5.82 Å². The van der Waals surface area contributed by atoms with Crippen LogP contribution in [0.25, 0.3) is 11.1 Å². The summed E-state index contributed by atoms with van der Waals surface area (Å²) in [7, 11) is 0. The van der Waals surface area contributed by atoms with Crippen LogP contribution in [0.5, 0.6) is 0 Å². The Bertz CT molecular complexity index is 609. The lowest BCUT2D eigenvalue weighted by atomic mass is 9.95. The molecule has 96 valence electrons. The van der Waals surface area contributed by atoms with Crippen LogP contribution in [0.2, 0.25) is 0 Å². The van der Waals surface area contributed by atoms with Crippen LogP contribution < -0.4 is 0 Å². The van der Waals surface area contributed by atoms with Crippen molar-refractivity contribution >= 4 is 11.1 Å². The van der Waals surface area contributed by atoms with Gasteiger partial charge in [0.05, 0.1) is 0 Å². The predicted octanol–water partition coefficient (Wildman–Crippen LogP) is 5.25. The molecule has 0 atom stereocenters. The molecular weight excluding hydrogens is 235 g/mol.